The molecule has 52 heavy (non-hydrogen) atoms. The van der Waals surface area contributed by atoms with Gasteiger partial charge in [0.05, 0.1) is 12.7 Å². The summed E-state index contributed by atoms with van der Waals surface area (Å²) in [5, 5.41) is 25.4. The van der Waals surface area contributed by atoms with Crippen molar-refractivity contribution in [1.29, 1.82) is 0 Å². The first-order chi connectivity index (χ1) is 24.8. The van der Waals surface area contributed by atoms with Crippen molar-refractivity contribution in [2.24, 2.45) is 17.8 Å². The van der Waals surface area contributed by atoms with Crippen LogP contribution in [-0.2, 0) is 30.5 Å². The molecule has 286 valence electrons. The molecule has 0 spiro atoms. The van der Waals surface area contributed by atoms with Gasteiger partial charge in [0, 0.05) is 18.8 Å². The topological polar surface area (TPSA) is 243 Å². The smallest absolute Gasteiger partial charge is 0.289 e. The van der Waals surface area contributed by atoms with Gasteiger partial charge in [0.2, 0.25) is 29.9 Å². The first-order valence-corrected chi connectivity index (χ1v) is 17.6. The highest BCUT2D eigenvalue weighted by atomic mass is 19.3. The highest BCUT2D eigenvalue weighted by Gasteiger charge is 2.36. The first kappa shape index (κ1) is 41.5. The molecule has 0 radical (unpaired) electrons. The average Bonchev–Trinajstić information content (AvgIpc) is 3.65. The number of nitrogens with one attached hydrogen (secondary N) is 6. The van der Waals surface area contributed by atoms with Gasteiger partial charge in [-0.25, -0.2) is 13.8 Å². The molecule has 2 aromatic rings. The van der Waals surface area contributed by atoms with Gasteiger partial charge in [0.15, 0.2) is 5.82 Å². The molecule has 1 saturated carbocycles. The van der Waals surface area contributed by atoms with Gasteiger partial charge in [0.1, 0.15) is 29.9 Å². The summed E-state index contributed by atoms with van der Waals surface area (Å²) < 4.78 is 27.2. The Labute approximate surface area is 300 Å². The van der Waals surface area contributed by atoms with E-state index >= 15 is 0 Å². The van der Waals surface area contributed by atoms with Crippen LogP contribution >= 0.6 is 0 Å². The van der Waals surface area contributed by atoms with Crippen LogP contribution in [-0.4, -0.2) is 96.5 Å². The zero-order valence-electron chi connectivity index (χ0n) is 29.9. The molecule has 0 aromatic carbocycles. The summed E-state index contributed by atoms with van der Waals surface area (Å²) >= 11 is 0. The summed E-state index contributed by atoms with van der Waals surface area (Å²) in [4.78, 5) is 87.6. The van der Waals surface area contributed by atoms with Crippen LogP contribution in [0.1, 0.15) is 102 Å². The van der Waals surface area contributed by atoms with E-state index in [9.17, 15) is 37.5 Å². The van der Waals surface area contributed by atoms with Crippen molar-refractivity contribution in [3.8, 4) is 0 Å². The van der Waals surface area contributed by atoms with Gasteiger partial charge >= 0.3 is 0 Å². The summed E-state index contributed by atoms with van der Waals surface area (Å²) in [5.74, 6) is -5.86. The van der Waals surface area contributed by atoms with Crippen LogP contribution in [0.4, 0.5) is 8.78 Å². The quantitative estimate of drug-likeness (QED) is 0.105. The van der Waals surface area contributed by atoms with Gasteiger partial charge in [-0.15, -0.1) is 10.2 Å². The van der Waals surface area contributed by atoms with Crippen LogP contribution in [0.2, 0.25) is 0 Å². The largest absolute Gasteiger partial charge is 0.344 e. The fraction of sp³-hybridized carbons (Fsp3) is 0.667. The van der Waals surface area contributed by atoms with E-state index in [1.54, 1.807) is 6.92 Å². The van der Waals surface area contributed by atoms with E-state index in [2.05, 4.69) is 57.2 Å². The van der Waals surface area contributed by atoms with Crippen molar-refractivity contribution in [1.82, 2.24) is 57.2 Å². The Bertz CT molecular complexity index is 1480. The molecule has 1 aliphatic carbocycles. The first-order valence-electron chi connectivity index (χ1n) is 17.6. The zero-order chi connectivity index (χ0) is 38.2. The third kappa shape index (κ3) is 13.3. The molecule has 17 nitrogen and oxygen atoms in total. The van der Waals surface area contributed by atoms with E-state index < -0.39 is 78.3 Å². The fourth-order valence-electron chi connectivity index (χ4n) is 5.90. The molecule has 5 atom stereocenters. The second-order valence-electron chi connectivity index (χ2n) is 13.5. The van der Waals surface area contributed by atoms with E-state index in [1.165, 1.54) is 18.6 Å². The monoisotopic (exact) mass is 733 g/mol. The number of amides is 5. The van der Waals surface area contributed by atoms with Gasteiger partial charge in [-0.1, -0.05) is 71.4 Å². The number of aromatic nitrogens is 6. The number of carbonyl (C=O) groups is 6. The lowest BCUT2D eigenvalue weighted by molar-refractivity contribution is -0.141. The number of ketones is 1. The van der Waals surface area contributed by atoms with Crippen LogP contribution < -0.4 is 26.6 Å². The molecule has 5 amide bonds. The van der Waals surface area contributed by atoms with Crippen molar-refractivity contribution in [3.63, 3.8) is 0 Å². The summed E-state index contributed by atoms with van der Waals surface area (Å²) in [6.45, 7) is 6.97. The minimum Gasteiger partial charge on any atom is -0.344 e. The number of H-pyrrole nitrogens is 1. The maximum absolute atomic E-state index is 13.9. The number of rotatable bonds is 20. The zero-order valence-corrected chi connectivity index (χ0v) is 29.9. The molecule has 0 saturated heterocycles. The molecule has 2 unspecified atom stereocenters. The lowest BCUT2D eigenvalue weighted by Crippen LogP contribution is -2.60. The summed E-state index contributed by atoms with van der Waals surface area (Å²) in [5.41, 5.74) is 0.00456. The Balaban J connectivity index is 1.80. The highest BCUT2D eigenvalue weighted by molar-refractivity contribution is 6.38. The number of aromatic amines is 1. The summed E-state index contributed by atoms with van der Waals surface area (Å²) in [7, 11) is 0. The molecule has 3 rings (SSSR count). The molecule has 2 aromatic heterocycles. The van der Waals surface area contributed by atoms with E-state index in [0.29, 0.717) is 6.42 Å². The minimum absolute atomic E-state index is 0.00456. The second kappa shape index (κ2) is 20.8. The molecule has 1 aliphatic rings. The Kier molecular flexibility index (Phi) is 16.6. The van der Waals surface area contributed by atoms with Crippen LogP contribution in [0.15, 0.2) is 18.6 Å². The fourth-order valence-corrected chi connectivity index (χ4v) is 5.90. The van der Waals surface area contributed by atoms with E-state index in [-0.39, 0.29) is 42.7 Å². The van der Waals surface area contributed by atoms with E-state index in [1.807, 2.05) is 20.8 Å². The molecule has 6 N–H and O–H groups in total. The van der Waals surface area contributed by atoms with Crippen molar-refractivity contribution in [2.45, 2.75) is 123 Å². The summed E-state index contributed by atoms with van der Waals surface area (Å²) in [6.07, 6.45) is 4.99. The van der Waals surface area contributed by atoms with Crippen molar-refractivity contribution in [2.75, 3.05) is 0 Å². The predicted octanol–water partition coefficient (Wildman–Crippen LogP) is 1.15. The predicted molar refractivity (Wildman–Crippen MR) is 181 cm³/mol. The molecule has 1 fully saturated rings. The number of tetrazole rings is 1. The number of Topliss-reactive ketones (excluding diaryl/α,β-unsaturated/α-hetero) is 1. The highest BCUT2D eigenvalue weighted by Crippen LogP contribution is 2.28. The minimum atomic E-state index is -3.05. The van der Waals surface area contributed by atoms with Gasteiger partial charge in [0.25, 0.3) is 11.8 Å². The Hall–Kier alpha value is -4.97. The van der Waals surface area contributed by atoms with Crippen LogP contribution in [0.3, 0.4) is 0 Å². The molecular formula is C33H49F2N11O6. The molecule has 19 heteroatoms. The van der Waals surface area contributed by atoms with Gasteiger partial charge in [-0.3, -0.25) is 33.8 Å². The maximum Gasteiger partial charge on any atom is 0.289 e. The number of nitrogens with zero attached hydrogens (tertiary/aromatic N) is 5. The van der Waals surface area contributed by atoms with Gasteiger partial charge in [-0.2, -0.15) is 5.21 Å². The Morgan fingerprint density at radius 3 is 2.15 bits per heavy atom. The summed E-state index contributed by atoms with van der Waals surface area (Å²) in [6, 6.07) is -5.38. The van der Waals surface area contributed by atoms with E-state index in [0.717, 1.165) is 32.1 Å². The van der Waals surface area contributed by atoms with Crippen LogP contribution in [0.5, 0.6) is 0 Å². The number of carbonyl (C=O) groups excluding carboxylic acids is 6. The third-order valence-electron chi connectivity index (χ3n) is 8.91. The normalized spacial score (nSPS) is 16.2. The van der Waals surface area contributed by atoms with Crippen LogP contribution in [0, 0.1) is 17.8 Å². The number of hydrogen-bond acceptors (Lipinski definition) is 11. The van der Waals surface area contributed by atoms with Gasteiger partial charge in [-0.05, 0) is 30.6 Å². The van der Waals surface area contributed by atoms with Gasteiger partial charge < -0.3 is 26.6 Å². The lowest BCUT2D eigenvalue weighted by atomic mass is 9.84. The molecule has 2 heterocycles. The number of halogens is 2. The van der Waals surface area contributed by atoms with Crippen molar-refractivity contribution < 1.29 is 37.5 Å². The van der Waals surface area contributed by atoms with Crippen molar-refractivity contribution in [3.05, 3.63) is 30.1 Å². The maximum atomic E-state index is 13.9. The SMILES string of the molecule is CCC(C)C(NC(=O)[C@H](CC(C)C)NC(=O)c1cnccn1)C(=O)N[C@@H](CC1CCCCC1)C(=O)N[C@@H](CC(F)F)C(=O)C(=O)NCc1nn[nH]n1. The number of hydrogen-bond donors (Lipinski definition) is 6. The lowest BCUT2D eigenvalue weighted by Gasteiger charge is -2.31. The molecule has 0 aliphatic heterocycles. The number of alkyl halides is 2. The Morgan fingerprint density at radius 2 is 1.56 bits per heavy atom. The second-order valence-corrected chi connectivity index (χ2v) is 13.5. The van der Waals surface area contributed by atoms with E-state index in [4.69, 9.17) is 0 Å². The van der Waals surface area contributed by atoms with Crippen molar-refractivity contribution >= 4 is 35.3 Å². The standard InChI is InChI=1S/C33H49F2N11O6/c1-5-19(4)27(42-30(49)22(13-18(2)3)40-31(50)24-16-36-11-12-37-24)32(51)41-23(14-20-9-7-6-8-10-20)29(48)39-21(15-25(34)35)28(47)33(52)38-17-26-43-45-46-44-26/h11-12,16,18-23,25,27H,5-10,13-15,17H2,1-4H3,(H,38,52)(H,39,48)(H,40,50)(H,41,51)(H,42,49)(H,43,44,45,46)/t19?,21-,22-,23-,27?/m0/s1. The van der Waals surface area contributed by atoms with Crippen LogP contribution in [0.25, 0.3) is 0 Å². The average molecular weight is 734 g/mol. The Morgan fingerprint density at radius 1 is 0.865 bits per heavy atom. The third-order valence-corrected chi connectivity index (χ3v) is 8.91. The molecular weight excluding hydrogens is 684 g/mol. The molecule has 0 bridgehead atoms.